The van der Waals surface area contributed by atoms with Gasteiger partial charge in [0.25, 0.3) is 0 Å². The fourth-order valence-corrected chi connectivity index (χ4v) is 5.18. The maximum atomic E-state index is 6.82. The molecule has 0 radical (unpaired) electrons. The molecule has 0 aromatic heterocycles. The highest BCUT2D eigenvalue weighted by Crippen LogP contribution is 2.47. The molecule has 3 rings (SSSR count). The average Bonchev–Trinajstić information content (AvgIpc) is 2.61. The van der Waals surface area contributed by atoms with Crippen LogP contribution in [0.3, 0.4) is 0 Å². The molecule has 0 spiro atoms. The number of nitrogen functional groups attached to an aromatic ring is 2. The largest absolute Gasteiger partial charge is 0.398 e. The lowest BCUT2D eigenvalue weighted by atomic mass is 9.75. The fraction of sp³-hybridized carbons (Fsp3) is 0.652. The van der Waals surface area contributed by atoms with Crippen LogP contribution in [0.2, 0.25) is 0 Å². The van der Waals surface area contributed by atoms with Gasteiger partial charge in [-0.05, 0) is 69.4 Å². The maximum Gasteiger partial charge on any atom is 0.0446 e. The van der Waals surface area contributed by atoms with Gasteiger partial charge in [-0.3, -0.25) is 0 Å². The minimum Gasteiger partial charge on any atom is -0.398 e. The molecule has 0 unspecified atom stereocenters. The molecule has 2 saturated carbocycles. The second-order valence-corrected chi connectivity index (χ2v) is 8.58. The number of rotatable bonds is 3. The van der Waals surface area contributed by atoms with Crippen LogP contribution >= 0.6 is 0 Å². The Morgan fingerprint density at radius 1 is 0.760 bits per heavy atom. The summed E-state index contributed by atoms with van der Waals surface area (Å²) in [5.41, 5.74) is 22.2. The van der Waals surface area contributed by atoms with Gasteiger partial charge in [0.15, 0.2) is 0 Å². The molecule has 0 heterocycles. The molecule has 0 bridgehead atoms. The Morgan fingerprint density at radius 3 is 1.72 bits per heavy atom. The Labute approximate surface area is 154 Å². The van der Waals surface area contributed by atoms with E-state index >= 15 is 0 Å². The first-order valence-electron chi connectivity index (χ1n) is 10.4. The van der Waals surface area contributed by atoms with Crippen molar-refractivity contribution in [3.8, 4) is 0 Å². The van der Waals surface area contributed by atoms with E-state index in [1.54, 1.807) is 0 Å². The lowest BCUT2D eigenvalue weighted by Gasteiger charge is -2.32. The number of hydrogen-bond donors (Lipinski definition) is 2. The first-order valence-corrected chi connectivity index (χ1v) is 10.4. The van der Waals surface area contributed by atoms with E-state index in [-0.39, 0.29) is 0 Å². The van der Waals surface area contributed by atoms with Crippen molar-refractivity contribution in [2.45, 2.75) is 96.8 Å². The van der Waals surface area contributed by atoms with Crippen molar-refractivity contribution in [3.05, 3.63) is 27.8 Å². The van der Waals surface area contributed by atoms with Crippen molar-refractivity contribution < 1.29 is 0 Å². The third-order valence-corrected chi connectivity index (χ3v) is 6.43. The average molecular weight is 341 g/mol. The molecule has 1 aromatic rings. The highest BCUT2D eigenvalue weighted by molar-refractivity contribution is 5.81. The molecule has 25 heavy (non-hydrogen) atoms. The van der Waals surface area contributed by atoms with E-state index in [4.69, 9.17) is 11.5 Å². The monoisotopic (exact) mass is 340 g/mol. The highest BCUT2D eigenvalue weighted by atomic mass is 14.7. The van der Waals surface area contributed by atoms with E-state index in [0.29, 0.717) is 11.8 Å². The molecular formula is C23H36N2. The predicted molar refractivity (Wildman–Crippen MR) is 111 cm³/mol. The zero-order chi connectivity index (χ0) is 18.0. The maximum absolute atomic E-state index is 6.82. The molecule has 0 amide bonds. The highest BCUT2D eigenvalue weighted by Gasteiger charge is 2.28. The predicted octanol–water partition coefficient (Wildman–Crippen LogP) is 6.68. The third kappa shape index (κ3) is 3.73. The van der Waals surface area contributed by atoms with Crippen molar-refractivity contribution in [2.75, 3.05) is 11.5 Å². The van der Waals surface area contributed by atoms with Gasteiger partial charge in [-0.25, -0.2) is 0 Å². The van der Waals surface area contributed by atoms with Crippen LogP contribution in [-0.2, 0) is 0 Å². The minimum absolute atomic E-state index is 0.553. The molecule has 2 aliphatic carbocycles. The van der Waals surface area contributed by atoms with E-state index in [0.717, 1.165) is 11.4 Å². The Balaban J connectivity index is 2.16. The van der Waals surface area contributed by atoms with Crippen LogP contribution in [0.5, 0.6) is 0 Å². The number of benzene rings is 1. The van der Waals surface area contributed by atoms with Crippen LogP contribution in [0.1, 0.15) is 112 Å². The first kappa shape index (κ1) is 18.4. The smallest absolute Gasteiger partial charge is 0.0446 e. The lowest BCUT2D eigenvalue weighted by molar-refractivity contribution is 0.439. The lowest BCUT2D eigenvalue weighted by Crippen LogP contribution is -2.17. The van der Waals surface area contributed by atoms with Gasteiger partial charge in [-0.15, -0.1) is 0 Å². The molecule has 0 aliphatic heterocycles. The molecule has 1 aromatic carbocycles. The van der Waals surface area contributed by atoms with E-state index < -0.39 is 0 Å². The van der Waals surface area contributed by atoms with Crippen molar-refractivity contribution in [1.82, 2.24) is 0 Å². The summed E-state index contributed by atoms with van der Waals surface area (Å²) in [6, 6.07) is 0. The van der Waals surface area contributed by atoms with Gasteiger partial charge in [0.05, 0.1) is 0 Å². The molecule has 0 atom stereocenters. The zero-order valence-electron chi connectivity index (χ0n) is 16.5. The molecule has 2 heteroatoms. The van der Waals surface area contributed by atoms with Crippen LogP contribution in [-0.4, -0.2) is 0 Å². The Kier molecular flexibility index (Phi) is 5.76. The van der Waals surface area contributed by atoms with Crippen LogP contribution in [0.25, 0.3) is 6.08 Å². The van der Waals surface area contributed by atoms with Gasteiger partial charge >= 0.3 is 0 Å². The van der Waals surface area contributed by atoms with E-state index in [1.807, 2.05) is 0 Å². The number of hydrogen-bond acceptors (Lipinski definition) is 2. The van der Waals surface area contributed by atoms with E-state index in [2.05, 4.69) is 26.8 Å². The second kappa shape index (κ2) is 7.85. The standard InChI is InChI=1S/C23H36N2/c1-15(2)14-19-20(17-10-6-4-7-11-17)16(3)22(24)21(23(19)25)18-12-8-5-9-13-18/h14,17-18H,4-13,24-25H2,1-3H3. The molecule has 2 nitrogen and oxygen atoms in total. The summed E-state index contributed by atoms with van der Waals surface area (Å²) in [6.07, 6.45) is 15.4. The van der Waals surface area contributed by atoms with Gasteiger partial charge in [0, 0.05) is 22.5 Å². The fourth-order valence-electron chi connectivity index (χ4n) is 5.18. The van der Waals surface area contributed by atoms with E-state index in [1.165, 1.54) is 92.0 Å². The minimum atomic E-state index is 0.553. The van der Waals surface area contributed by atoms with Gasteiger partial charge in [0.2, 0.25) is 0 Å². The van der Waals surface area contributed by atoms with Crippen LogP contribution in [0.4, 0.5) is 11.4 Å². The number of anilines is 2. The van der Waals surface area contributed by atoms with E-state index in [9.17, 15) is 0 Å². The Morgan fingerprint density at radius 2 is 1.24 bits per heavy atom. The van der Waals surface area contributed by atoms with Crippen molar-refractivity contribution in [3.63, 3.8) is 0 Å². The van der Waals surface area contributed by atoms with Crippen molar-refractivity contribution >= 4 is 17.5 Å². The Bertz CT molecular complexity index is 641. The second-order valence-electron chi connectivity index (χ2n) is 8.58. The molecule has 2 aliphatic rings. The van der Waals surface area contributed by atoms with Gasteiger partial charge in [-0.2, -0.15) is 0 Å². The zero-order valence-corrected chi connectivity index (χ0v) is 16.5. The molecule has 0 saturated heterocycles. The summed E-state index contributed by atoms with van der Waals surface area (Å²) >= 11 is 0. The molecule has 2 fully saturated rings. The van der Waals surface area contributed by atoms with Crippen LogP contribution in [0.15, 0.2) is 5.57 Å². The summed E-state index contributed by atoms with van der Waals surface area (Å²) in [5.74, 6) is 1.18. The third-order valence-electron chi connectivity index (χ3n) is 6.43. The van der Waals surface area contributed by atoms with Gasteiger partial charge in [-0.1, -0.05) is 50.2 Å². The van der Waals surface area contributed by atoms with Crippen LogP contribution < -0.4 is 11.5 Å². The summed E-state index contributed by atoms with van der Waals surface area (Å²) in [4.78, 5) is 0. The number of allylic oxidation sites excluding steroid dienone is 1. The number of nitrogens with two attached hydrogens (primary N) is 2. The van der Waals surface area contributed by atoms with Gasteiger partial charge in [0.1, 0.15) is 0 Å². The summed E-state index contributed by atoms with van der Waals surface area (Å²) in [5, 5.41) is 0. The molecule has 138 valence electrons. The molecule has 4 N–H and O–H groups in total. The normalized spacial score (nSPS) is 19.8. The summed E-state index contributed by atoms with van der Waals surface area (Å²) < 4.78 is 0. The SMILES string of the molecule is CC(C)=Cc1c(N)c(C2CCCCC2)c(N)c(C)c1C1CCCCC1. The molecular weight excluding hydrogens is 304 g/mol. The quantitative estimate of drug-likeness (QED) is 0.603. The van der Waals surface area contributed by atoms with Crippen LogP contribution in [0, 0.1) is 6.92 Å². The first-order chi connectivity index (χ1) is 12.0. The summed E-state index contributed by atoms with van der Waals surface area (Å²) in [7, 11) is 0. The van der Waals surface area contributed by atoms with Gasteiger partial charge < -0.3 is 11.5 Å². The Hall–Kier alpha value is -1.44. The van der Waals surface area contributed by atoms with Crippen molar-refractivity contribution in [2.24, 2.45) is 0 Å². The topological polar surface area (TPSA) is 52.0 Å². The van der Waals surface area contributed by atoms with Crippen molar-refractivity contribution in [1.29, 1.82) is 0 Å². The summed E-state index contributed by atoms with van der Waals surface area (Å²) in [6.45, 7) is 6.60.